The monoisotopic (exact) mass is 235 g/mol. The Kier molecular flexibility index (Phi) is 3.25. The third-order valence-corrected chi connectivity index (χ3v) is 4.17. The Balaban J connectivity index is 2.49. The van der Waals surface area contributed by atoms with Gasteiger partial charge in [0.15, 0.2) is 0 Å². The van der Waals surface area contributed by atoms with E-state index in [0.29, 0.717) is 13.2 Å². The third-order valence-electron chi connectivity index (χ3n) is 4.17. The number of benzene rings is 1. The largest absolute Gasteiger partial charge is 0.391 e. The molecule has 0 aromatic heterocycles. The number of nitrogens with two attached hydrogens (primary N) is 1. The molecule has 3 nitrogen and oxygen atoms in total. The van der Waals surface area contributed by atoms with Gasteiger partial charge >= 0.3 is 0 Å². The highest BCUT2D eigenvalue weighted by Crippen LogP contribution is 2.38. The average molecular weight is 235 g/mol. The zero-order chi connectivity index (χ0) is 12.6. The number of aliphatic hydroxyl groups is 1. The summed E-state index contributed by atoms with van der Waals surface area (Å²) in [7, 11) is 0. The maximum atomic E-state index is 10.2. The van der Waals surface area contributed by atoms with Crippen LogP contribution in [0.15, 0.2) is 12.1 Å². The van der Waals surface area contributed by atoms with Crippen molar-refractivity contribution in [3.63, 3.8) is 0 Å². The summed E-state index contributed by atoms with van der Waals surface area (Å²) in [6, 6.07) is 4.22. The van der Waals surface area contributed by atoms with Crippen molar-refractivity contribution in [2.45, 2.75) is 32.3 Å². The first-order valence-electron chi connectivity index (χ1n) is 6.06. The second kappa shape index (κ2) is 4.41. The van der Waals surface area contributed by atoms with E-state index in [9.17, 15) is 5.11 Å². The van der Waals surface area contributed by atoms with Gasteiger partial charge in [-0.2, -0.15) is 0 Å². The number of rotatable bonds is 3. The summed E-state index contributed by atoms with van der Waals surface area (Å²) in [4.78, 5) is 0. The SMILES string of the molecule is Cc1ccc(C2(C(O)CN)COC2)c(C)c1C. The Morgan fingerprint density at radius 2 is 1.94 bits per heavy atom. The second-order valence-electron chi connectivity index (χ2n) is 5.08. The smallest absolute Gasteiger partial charge is 0.0803 e. The molecule has 17 heavy (non-hydrogen) atoms. The van der Waals surface area contributed by atoms with Crippen LogP contribution in [0.25, 0.3) is 0 Å². The molecule has 0 radical (unpaired) electrons. The minimum Gasteiger partial charge on any atom is -0.391 e. The molecular formula is C14H21NO2. The lowest BCUT2D eigenvalue weighted by Gasteiger charge is -2.46. The summed E-state index contributed by atoms with van der Waals surface area (Å²) >= 11 is 0. The Bertz CT molecular complexity index is 424. The number of hydrogen-bond acceptors (Lipinski definition) is 3. The molecule has 1 saturated heterocycles. The van der Waals surface area contributed by atoms with Gasteiger partial charge in [0.05, 0.1) is 24.7 Å². The van der Waals surface area contributed by atoms with E-state index in [1.165, 1.54) is 22.3 Å². The van der Waals surface area contributed by atoms with Gasteiger partial charge in [-0.3, -0.25) is 0 Å². The van der Waals surface area contributed by atoms with Gasteiger partial charge in [0.25, 0.3) is 0 Å². The molecule has 1 atom stereocenters. The molecule has 1 aliphatic rings. The van der Waals surface area contributed by atoms with Gasteiger partial charge in [-0.25, -0.2) is 0 Å². The molecule has 3 N–H and O–H groups in total. The van der Waals surface area contributed by atoms with E-state index in [1.54, 1.807) is 0 Å². The van der Waals surface area contributed by atoms with E-state index in [1.807, 2.05) is 0 Å². The van der Waals surface area contributed by atoms with Crippen LogP contribution in [0.5, 0.6) is 0 Å². The van der Waals surface area contributed by atoms with E-state index in [0.717, 1.165) is 0 Å². The Morgan fingerprint density at radius 1 is 1.29 bits per heavy atom. The van der Waals surface area contributed by atoms with Crippen molar-refractivity contribution in [1.82, 2.24) is 0 Å². The predicted octanol–water partition coefficient (Wildman–Crippen LogP) is 1.20. The summed E-state index contributed by atoms with van der Waals surface area (Å²) in [5, 5.41) is 10.2. The molecule has 94 valence electrons. The van der Waals surface area contributed by atoms with Crippen LogP contribution in [-0.2, 0) is 10.2 Å². The van der Waals surface area contributed by atoms with Gasteiger partial charge in [-0.1, -0.05) is 12.1 Å². The van der Waals surface area contributed by atoms with Crippen LogP contribution in [0.1, 0.15) is 22.3 Å². The van der Waals surface area contributed by atoms with Crippen molar-refractivity contribution in [2.75, 3.05) is 19.8 Å². The van der Waals surface area contributed by atoms with Crippen molar-refractivity contribution in [3.05, 3.63) is 34.4 Å². The molecule has 0 amide bonds. The van der Waals surface area contributed by atoms with E-state index in [-0.39, 0.29) is 12.0 Å². The molecule has 1 aromatic rings. The maximum Gasteiger partial charge on any atom is 0.0803 e. The van der Waals surface area contributed by atoms with Gasteiger partial charge in [0.2, 0.25) is 0 Å². The van der Waals surface area contributed by atoms with Crippen LogP contribution in [0.4, 0.5) is 0 Å². The highest BCUT2D eigenvalue weighted by Gasteiger charge is 2.47. The zero-order valence-electron chi connectivity index (χ0n) is 10.8. The van der Waals surface area contributed by atoms with Crippen molar-refractivity contribution in [1.29, 1.82) is 0 Å². The fraction of sp³-hybridized carbons (Fsp3) is 0.571. The number of aryl methyl sites for hydroxylation is 1. The molecule has 1 fully saturated rings. The molecule has 0 bridgehead atoms. The van der Waals surface area contributed by atoms with Crippen molar-refractivity contribution in [3.8, 4) is 0 Å². The molecule has 0 saturated carbocycles. The van der Waals surface area contributed by atoms with Gasteiger partial charge in [-0.05, 0) is 43.0 Å². The second-order valence-corrected chi connectivity index (χ2v) is 5.08. The lowest BCUT2D eigenvalue weighted by Crippen LogP contribution is -2.58. The molecule has 1 unspecified atom stereocenters. The summed E-state index contributed by atoms with van der Waals surface area (Å²) in [5.74, 6) is 0. The average Bonchev–Trinajstić information content (AvgIpc) is 2.27. The minimum absolute atomic E-state index is 0.274. The molecular weight excluding hydrogens is 214 g/mol. The third kappa shape index (κ3) is 1.79. The van der Waals surface area contributed by atoms with E-state index in [2.05, 4.69) is 32.9 Å². The summed E-state index contributed by atoms with van der Waals surface area (Å²) in [6.07, 6.45) is -0.531. The first-order chi connectivity index (χ1) is 8.03. The molecule has 1 heterocycles. The summed E-state index contributed by atoms with van der Waals surface area (Å²) in [6.45, 7) is 7.74. The van der Waals surface area contributed by atoms with Crippen LogP contribution in [-0.4, -0.2) is 31.0 Å². The topological polar surface area (TPSA) is 55.5 Å². The summed E-state index contributed by atoms with van der Waals surface area (Å²) < 4.78 is 5.33. The zero-order valence-corrected chi connectivity index (χ0v) is 10.8. The fourth-order valence-electron chi connectivity index (χ4n) is 2.57. The van der Waals surface area contributed by atoms with Crippen LogP contribution in [0.2, 0.25) is 0 Å². The van der Waals surface area contributed by atoms with Crippen LogP contribution >= 0.6 is 0 Å². The number of aliphatic hydroxyl groups excluding tert-OH is 1. The molecule has 0 aliphatic carbocycles. The van der Waals surface area contributed by atoms with Crippen LogP contribution in [0, 0.1) is 20.8 Å². The molecule has 1 aromatic carbocycles. The lowest BCUT2D eigenvalue weighted by molar-refractivity contribution is -0.117. The molecule has 2 rings (SSSR count). The Morgan fingerprint density at radius 3 is 2.41 bits per heavy atom. The predicted molar refractivity (Wildman–Crippen MR) is 68.2 cm³/mol. The fourth-order valence-corrected chi connectivity index (χ4v) is 2.57. The van der Waals surface area contributed by atoms with E-state index >= 15 is 0 Å². The first-order valence-corrected chi connectivity index (χ1v) is 6.06. The lowest BCUT2D eigenvalue weighted by atomic mass is 9.71. The molecule has 3 heteroatoms. The quantitative estimate of drug-likeness (QED) is 0.827. The molecule has 1 aliphatic heterocycles. The van der Waals surface area contributed by atoms with Gasteiger partial charge in [0, 0.05) is 6.54 Å². The van der Waals surface area contributed by atoms with Gasteiger partial charge in [-0.15, -0.1) is 0 Å². The first kappa shape index (κ1) is 12.6. The van der Waals surface area contributed by atoms with E-state index in [4.69, 9.17) is 10.5 Å². The van der Waals surface area contributed by atoms with Crippen molar-refractivity contribution in [2.24, 2.45) is 5.73 Å². The Labute approximate surface area is 103 Å². The van der Waals surface area contributed by atoms with Crippen molar-refractivity contribution < 1.29 is 9.84 Å². The van der Waals surface area contributed by atoms with Gasteiger partial charge < -0.3 is 15.6 Å². The van der Waals surface area contributed by atoms with Crippen molar-refractivity contribution >= 4 is 0 Å². The van der Waals surface area contributed by atoms with Crippen LogP contribution < -0.4 is 5.73 Å². The normalized spacial score (nSPS) is 19.8. The number of hydrogen-bond donors (Lipinski definition) is 2. The Hall–Kier alpha value is -0.900. The number of ether oxygens (including phenoxy) is 1. The summed E-state index contributed by atoms with van der Waals surface area (Å²) in [5.41, 5.74) is 10.3. The van der Waals surface area contributed by atoms with Gasteiger partial charge in [0.1, 0.15) is 0 Å². The maximum absolute atomic E-state index is 10.2. The van der Waals surface area contributed by atoms with Crippen LogP contribution in [0.3, 0.4) is 0 Å². The van der Waals surface area contributed by atoms with E-state index < -0.39 is 6.10 Å². The highest BCUT2D eigenvalue weighted by atomic mass is 16.5. The molecule has 0 spiro atoms. The standard InChI is InChI=1S/C14H21NO2/c1-9-4-5-12(11(3)10(9)2)14(7-17-8-14)13(16)6-15/h4-5,13,16H,6-8,15H2,1-3H3. The highest BCUT2D eigenvalue weighted by molar-refractivity contribution is 5.44. The minimum atomic E-state index is -0.531.